The third kappa shape index (κ3) is 4.01. The highest BCUT2D eigenvalue weighted by atomic mass is 79.9. The summed E-state index contributed by atoms with van der Waals surface area (Å²) in [7, 11) is 0. The summed E-state index contributed by atoms with van der Waals surface area (Å²) in [6.45, 7) is 1.79. The van der Waals surface area contributed by atoms with Crippen molar-refractivity contribution in [2.75, 3.05) is 25.0 Å². The lowest BCUT2D eigenvalue weighted by atomic mass is 10.1. The summed E-state index contributed by atoms with van der Waals surface area (Å²) in [5.74, 6) is -0.277. The molecule has 114 valence electrons. The van der Waals surface area contributed by atoms with Crippen LogP contribution in [0, 0.1) is 10.1 Å². The molecule has 1 fully saturated rings. The molecule has 0 bridgehead atoms. The van der Waals surface area contributed by atoms with Gasteiger partial charge in [0, 0.05) is 24.5 Å². The molecule has 6 nitrogen and oxygen atoms in total. The van der Waals surface area contributed by atoms with Crippen molar-refractivity contribution in [3.05, 3.63) is 39.9 Å². The lowest BCUT2D eigenvalue weighted by molar-refractivity contribution is -0.385. The Morgan fingerprint density at radius 2 is 2.05 bits per heavy atom. The monoisotopic (exact) mass is 356 g/mol. The van der Waals surface area contributed by atoms with Gasteiger partial charge >= 0.3 is 0 Å². The highest BCUT2D eigenvalue weighted by Gasteiger charge is 2.28. The second-order valence-electron chi connectivity index (χ2n) is 4.83. The van der Waals surface area contributed by atoms with Gasteiger partial charge in [0.1, 0.15) is 5.56 Å². The van der Waals surface area contributed by atoms with Gasteiger partial charge in [-0.15, -0.1) is 0 Å². The standard InChI is InChI=1S/C14H17BrN2O4/c15-7-10-21-11-5-8-16(9-6-11)14(18)12-3-1-2-4-13(12)17(19)20/h1-4,11H,5-10H2. The molecule has 0 radical (unpaired) electrons. The highest BCUT2D eigenvalue weighted by molar-refractivity contribution is 9.09. The molecule has 0 aliphatic carbocycles. The third-order valence-electron chi connectivity index (χ3n) is 3.49. The van der Waals surface area contributed by atoms with Crippen molar-refractivity contribution in [3.8, 4) is 0 Å². The van der Waals surface area contributed by atoms with Crippen molar-refractivity contribution in [1.29, 1.82) is 0 Å². The van der Waals surface area contributed by atoms with Gasteiger partial charge in [0.2, 0.25) is 0 Å². The summed E-state index contributed by atoms with van der Waals surface area (Å²) >= 11 is 3.31. The Hall–Kier alpha value is -1.47. The van der Waals surface area contributed by atoms with Gasteiger partial charge in [-0.05, 0) is 18.9 Å². The van der Waals surface area contributed by atoms with E-state index in [1.54, 1.807) is 17.0 Å². The molecule has 1 saturated heterocycles. The molecular weight excluding hydrogens is 340 g/mol. The van der Waals surface area contributed by atoms with E-state index in [9.17, 15) is 14.9 Å². The lowest BCUT2D eigenvalue weighted by Gasteiger charge is -2.31. The Kier molecular flexibility index (Phi) is 5.69. The smallest absolute Gasteiger partial charge is 0.282 e. The van der Waals surface area contributed by atoms with Crippen LogP contribution < -0.4 is 0 Å². The number of alkyl halides is 1. The number of hydrogen-bond acceptors (Lipinski definition) is 4. The molecule has 0 atom stereocenters. The molecule has 1 heterocycles. The maximum absolute atomic E-state index is 12.4. The Morgan fingerprint density at radius 1 is 1.38 bits per heavy atom. The zero-order chi connectivity index (χ0) is 15.2. The number of piperidine rings is 1. The molecule has 2 rings (SSSR count). The Morgan fingerprint density at radius 3 is 2.67 bits per heavy atom. The number of nitrogens with zero attached hydrogens (tertiary/aromatic N) is 2. The SMILES string of the molecule is O=C(c1ccccc1[N+](=O)[O-])N1CCC(OCCBr)CC1. The molecule has 1 aliphatic rings. The van der Waals surface area contributed by atoms with Crippen molar-refractivity contribution in [2.45, 2.75) is 18.9 Å². The molecule has 0 aromatic heterocycles. The van der Waals surface area contributed by atoms with Crippen molar-refractivity contribution < 1.29 is 14.5 Å². The molecule has 0 N–H and O–H groups in total. The van der Waals surface area contributed by atoms with E-state index in [1.165, 1.54) is 12.1 Å². The predicted molar refractivity (Wildman–Crippen MR) is 81.8 cm³/mol. The van der Waals surface area contributed by atoms with Crippen LogP contribution in [-0.2, 0) is 4.74 Å². The molecule has 0 unspecified atom stereocenters. The number of amides is 1. The minimum atomic E-state index is -0.515. The van der Waals surface area contributed by atoms with E-state index in [4.69, 9.17) is 4.74 Å². The minimum absolute atomic E-state index is 0.139. The first kappa shape index (κ1) is 15.9. The molecule has 1 amide bonds. The van der Waals surface area contributed by atoms with E-state index < -0.39 is 4.92 Å². The number of carbonyl (C=O) groups is 1. The van der Waals surface area contributed by atoms with Crippen LogP contribution in [0.4, 0.5) is 5.69 Å². The zero-order valence-corrected chi connectivity index (χ0v) is 13.1. The molecule has 1 aliphatic heterocycles. The number of nitro benzene ring substituents is 1. The van der Waals surface area contributed by atoms with Gasteiger partial charge in [-0.3, -0.25) is 14.9 Å². The largest absolute Gasteiger partial charge is 0.377 e. The average molecular weight is 357 g/mol. The first-order valence-electron chi connectivity index (χ1n) is 6.83. The van der Waals surface area contributed by atoms with E-state index in [0.29, 0.717) is 19.7 Å². The summed E-state index contributed by atoms with van der Waals surface area (Å²) < 4.78 is 5.63. The van der Waals surface area contributed by atoms with E-state index in [2.05, 4.69) is 15.9 Å². The van der Waals surface area contributed by atoms with Gasteiger partial charge < -0.3 is 9.64 Å². The number of para-hydroxylation sites is 1. The molecule has 0 saturated carbocycles. The van der Waals surface area contributed by atoms with E-state index in [0.717, 1.165) is 18.2 Å². The molecule has 1 aromatic rings. The fourth-order valence-electron chi connectivity index (χ4n) is 2.42. The van der Waals surface area contributed by atoms with Crippen molar-refractivity contribution in [3.63, 3.8) is 0 Å². The van der Waals surface area contributed by atoms with Gasteiger partial charge in [-0.2, -0.15) is 0 Å². The molecule has 7 heteroatoms. The topological polar surface area (TPSA) is 72.7 Å². The van der Waals surface area contributed by atoms with Crippen LogP contribution in [0.15, 0.2) is 24.3 Å². The van der Waals surface area contributed by atoms with Gasteiger partial charge in [0.05, 0.1) is 17.6 Å². The Bertz CT molecular complexity index is 515. The number of ether oxygens (including phenoxy) is 1. The van der Waals surface area contributed by atoms with E-state index in [1.807, 2.05) is 0 Å². The highest BCUT2D eigenvalue weighted by Crippen LogP contribution is 2.22. The van der Waals surface area contributed by atoms with Crippen LogP contribution in [0.3, 0.4) is 0 Å². The molecule has 21 heavy (non-hydrogen) atoms. The number of hydrogen-bond donors (Lipinski definition) is 0. The second kappa shape index (κ2) is 7.51. The summed E-state index contributed by atoms with van der Waals surface area (Å²) in [5.41, 5.74) is 0.0162. The molecule has 1 aromatic carbocycles. The first-order valence-corrected chi connectivity index (χ1v) is 7.96. The minimum Gasteiger partial charge on any atom is -0.377 e. The lowest BCUT2D eigenvalue weighted by Crippen LogP contribution is -2.41. The first-order chi connectivity index (χ1) is 10.1. The fraction of sp³-hybridized carbons (Fsp3) is 0.500. The summed E-state index contributed by atoms with van der Waals surface area (Å²) in [4.78, 5) is 24.6. The van der Waals surface area contributed by atoms with Gasteiger partial charge in [-0.1, -0.05) is 28.1 Å². The number of halogens is 1. The van der Waals surface area contributed by atoms with Crippen LogP contribution in [0.25, 0.3) is 0 Å². The maximum atomic E-state index is 12.4. The quantitative estimate of drug-likeness (QED) is 0.461. The van der Waals surface area contributed by atoms with E-state index >= 15 is 0 Å². The third-order valence-corrected chi connectivity index (χ3v) is 3.81. The summed E-state index contributed by atoms with van der Waals surface area (Å²) in [6.07, 6.45) is 1.69. The molecule has 0 spiro atoms. The van der Waals surface area contributed by atoms with Crippen LogP contribution >= 0.6 is 15.9 Å². The number of rotatable bonds is 5. The summed E-state index contributed by atoms with van der Waals surface area (Å²) in [6, 6.07) is 6.08. The Balaban J connectivity index is 2.01. The Labute approximate surface area is 131 Å². The van der Waals surface area contributed by atoms with Crippen molar-refractivity contribution >= 4 is 27.5 Å². The van der Waals surface area contributed by atoms with Crippen molar-refractivity contribution in [2.24, 2.45) is 0 Å². The normalized spacial score (nSPS) is 16.0. The van der Waals surface area contributed by atoms with Crippen molar-refractivity contribution in [1.82, 2.24) is 4.90 Å². The fourth-order valence-corrected chi connectivity index (χ4v) is 2.61. The van der Waals surface area contributed by atoms with E-state index in [-0.39, 0.29) is 23.3 Å². The summed E-state index contributed by atoms with van der Waals surface area (Å²) in [5, 5.41) is 11.8. The van der Waals surface area contributed by atoms with Crippen LogP contribution in [0.2, 0.25) is 0 Å². The van der Waals surface area contributed by atoms with Crippen LogP contribution in [0.5, 0.6) is 0 Å². The number of carbonyl (C=O) groups excluding carboxylic acids is 1. The average Bonchev–Trinajstić information content (AvgIpc) is 2.52. The predicted octanol–water partition coefficient (Wildman–Crippen LogP) is 2.61. The number of benzene rings is 1. The number of likely N-dealkylation sites (tertiary alicyclic amines) is 1. The maximum Gasteiger partial charge on any atom is 0.282 e. The van der Waals surface area contributed by atoms with Gasteiger partial charge in [-0.25, -0.2) is 0 Å². The zero-order valence-electron chi connectivity index (χ0n) is 11.5. The second-order valence-corrected chi connectivity index (χ2v) is 5.62. The van der Waals surface area contributed by atoms with Gasteiger partial charge in [0.25, 0.3) is 11.6 Å². The molecular formula is C14H17BrN2O4. The van der Waals surface area contributed by atoms with Gasteiger partial charge in [0.15, 0.2) is 0 Å². The number of nitro groups is 1. The van der Waals surface area contributed by atoms with Crippen LogP contribution in [-0.4, -0.2) is 46.9 Å². The van der Waals surface area contributed by atoms with Crippen LogP contribution in [0.1, 0.15) is 23.2 Å².